The topological polar surface area (TPSA) is 18.1 Å². The molecule has 0 atom stereocenters. The predicted octanol–water partition coefficient (Wildman–Crippen LogP) is 5.85. The van der Waals surface area contributed by atoms with Crippen molar-refractivity contribution in [1.82, 2.24) is 4.57 Å². The van der Waals surface area contributed by atoms with Gasteiger partial charge in [0.1, 0.15) is 5.58 Å². The zero-order valence-corrected chi connectivity index (χ0v) is 13.5. The highest BCUT2D eigenvalue weighted by molar-refractivity contribution is 6.20. The van der Waals surface area contributed by atoms with Gasteiger partial charge in [0.05, 0.1) is 5.52 Å². The lowest BCUT2D eigenvalue weighted by Crippen LogP contribution is -1.86. The fourth-order valence-corrected chi connectivity index (χ4v) is 3.77. The lowest BCUT2D eigenvalue weighted by molar-refractivity contribution is 0.670. The molecule has 0 saturated heterocycles. The molecule has 0 radical (unpaired) electrons. The van der Waals surface area contributed by atoms with Crippen molar-refractivity contribution in [2.75, 3.05) is 0 Å². The van der Waals surface area contributed by atoms with E-state index < -0.39 is 0 Å². The number of aryl methyl sites for hydroxylation is 3. The molecule has 0 aliphatic heterocycles. The SMILES string of the molecule is Cc1ccc2oc3c(ccc4c5cc(C)ccc5n(C)c43)c2c1. The molecule has 0 aliphatic rings. The summed E-state index contributed by atoms with van der Waals surface area (Å²) in [6, 6.07) is 17.4. The molecule has 0 fully saturated rings. The van der Waals surface area contributed by atoms with Crippen molar-refractivity contribution in [2.24, 2.45) is 7.05 Å². The number of fused-ring (bicyclic) bond motifs is 7. The molecule has 2 nitrogen and oxygen atoms in total. The number of rotatable bonds is 0. The van der Waals surface area contributed by atoms with Gasteiger partial charge in [0.25, 0.3) is 0 Å². The van der Waals surface area contributed by atoms with E-state index >= 15 is 0 Å². The highest BCUT2D eigenvalue weighted by Gasteiger charge is 2.16. The number of hydrogen-bond donors (Lipinski definition) is 0. The third-order valence-corrected chi connectivity index (χ3v) is 4.91. The van der Waals surface area contributed by atoms with E-state index in [1.54, 1.807) is 0 Å². The summed E-state index contributed by atoms with van der Waals surface area (Å²) in [6.45, 7) is 4.26. The van der Waals surface area contributed by atoms with E-state index in [0.717, 1.165) is 11.2 Å². The number of aromatic nitrogens is 1. The average Bonchev–Trinajstić information content (AvgIpc) is 3.03. The van der Waals surface area contributed by atoms with Crippen molar-refractivity contribution < 1.29 is 4.42 Å². The van der Waals surface area contributed by atoms with Gasteiger partial charge in [-0.1, -0.05) is 29.3 Å². The molecule has 112 valence electrons. The van der Waals surface area contributed by atoms with Crippen LogP contribution in [0.3, 0.4) is 0 Å². The quantitative estimate of drug-likeness (QED) is 0.351. The fourth-order valence-electron chi connectivity index (χ4n) is 3.77. The molecule has 0 aliphatic carbocycles. The van der Waals surface area contributed by atoms with Crippen LogP contribution in [0.2, 0.25) is 0 Å². The molecule has 0 saturated carbocycles. The summed E-state index contributed by atoms with van der Waals surface area (Å²) in [5, 5.41) is 4.94. The Labute approximate surface area is 133 Å². The minimum Gasteiger partial charge on any atom is -0.454 e. The van der Waals surface area contributed by atoms with E-state index in [9.17, 15) is 0 Å². The minimum absolute atomic E-state index is 0.958. The van der Waals surface area contributed by atoms with Crippen LogP contribution in [0.1, 0.15) is 11.1 Å². The number of hydrogen-bond acceptors (Lipinski definition) is 1. The Kier molecular flexibility index (Phi) is 2.31. The van der Waals surface area contributed by atoms with Crippen LogP contribution in [-0.4, -0.2) is 4.57 Å². The Bertz CT molecular complexity index is 1240. The van der Waals surface area contributed by atoms with Crippen molar-refractivity contribution >= 4 is 43.7 Å². The molecule has 5 rings (SSSR count). The van der Waals surface area contributed by atoms with Crippen LogP contribution in [-0.2, 0) is 7.05 Å². The maximum atomic E-state index is 6.24. The smallest absolute Gasteiger partial charge is 0.159 e. The molecular weight excluding hydrogens is 282 g/mol. The third kappa shape index (κ3) is 1.58. The Hall–Kier alpha value is -2.74. The second-order valence-electron chi connectivity index (χ2n) is 6.52. The van der Waals surface area contributed by atoms with Gasteiger partial charge in [-0.2, -0.15) is 0 Å². The molecule has 5 aromatic rings. The summed E-state index contributed by atoms with van der Waals surface area (Å²) in [5.74, 6) is 0. The highest BCUT2D eigenvalue weighted by atomic mass is 16.3. The van der Waals surface area contributed by atoms with Crippen molar-refractivity contribution in [3.05, 3.63) is 59.7 Å². The largest absolute Gasteiger partial charge is 0.454 e. The number of nitrogens with zero attached hydrogens (tertiary/aromatic N) is 1. The van der Waals surface area contributed by atoms with E-state index in [0.29, 0.717) is 0 Å². The van der Waals surface area contributed by atoms with Crippen LogP contribution in [0.5, 0.6) is 0 Å². The summed E-state index contributed by atoms with van der Waals surface area (Å²) in [4.78, 5) is 0. The van der Waals surface area contributed by atoms with Gasteiger partial charge >= 0.3 is 0 Å². The van der Waals surface area contributed by atoms with Crippen LogP contribution < -0.4 is 0 Å². The van der Waals surface area contributed by atoms with Gasteiger partial charge in [-0.05, 0) is 44.2 Å². The Morgan fingerprint density at radius 3 is 2.26 bits per heavy atom. The Morgan fingerprint density at radius 2 is 1.43 bits per heavy atom. The van der Waals surface area contributed by atoms with Crippen LogP contribution in [0, 0.1) is 13.8 Å². The maximum Gasteiger partial charge on any atom is 0.159 e. The van der Waals surface area contributed by atoms with Crippen LogP contribution in [0.15, 0.2) is 52.9 Å². The number of furan rings is 1. The predicted molar refractivity (Wildman–Crippen MR) is 97.2 cm³/mol. The van der Waals surface area contributed by atoms with E-state index in [1.807, 2.05) is 0 Å². The summed E-state index contributed by atoms with van der Waals surface area (Å²) in [6.07, 6.45) is 0. The van der Waals surface area contributed by atoms with Crippen molar-refractivity contribution in [3.8, 4) is 0 Å². The lowest BCUT2D eigenvalue weighted by atomic mass is 10.1. The van der Waals surface area contributed by atoms with Gasteiger partial charge in [0.15, 0.2) is 5.58 Å². The molecule has 2 heterocycles. The lowest BCUT2D eigenvalue weighted by Gasteiger charge is -1.98. The molecule has 2 aromatic heterocycles. The third-order valence-electron chi connectivity index (χ3n) is 4.91. The monoisotopic (exact) mass is 299 g/mol. The van der Waals surface area contributed by atoms with E-state index in [1.165, 1.54) is 43.7 Å². The summed E-state index contributed by atoms with van der Waals surface area (Å²) >= 11 is 0. The summed E-state index contributed by atoms with van der Waals surface area (Å²) < 4.78 is 8.49. The molecule has 23 heavy (non-hydrogen) atoms. The zero-order chi connectivity index (χ0) is 15.7. The minimum atomic E-state index is 0.958. The molecule has 0 unspecified atom stereocenters. The van der Waals surface area contributed by atoms with Gasteiger partial charge in [0, 0.05) is 34.1 Å². The first kappa shape index (κ1) is 12.8. The van der Waals surface area contributed by atoms with Crippen molar-refractivity contribution in [3.63, 3.8) is 0 Å². The second kappa shape index (κ2) is 4.17. The number of benzene rings is 3. The van der Waals surface area contributed by atoms with E-state index in [4.69, 9.17) is 4.42 Å². The molecule has 0 bridgehead atoms. The van der Waals surface area contributed by atoms with Gasteiger partial charge in [-0.3, -0.25) is 0 Å². The van der Waals surface area contributed by atoms with Gasteiger partial charge < -0.3 is 8.98 Å². The van der Waals surface area contributed by atoms with Gasteiger partial charge in [0.2, 0.25) is 0 Å². The summed E-state index contributed by atoms with van der Waals surface area (Å²) in [5.41, 5.74) is 6.91. The molecule has 0 N–H and O–H groups in total. The van der Waals surface area contributed by atoms with Crippen molar-refractivity contribution in [1.29, 1.82) is 0 Å². The Balaban J connectivity index is 2.07. The zero-order valence-electron chi connectivity index (χ0n) is 13.5. The van der Waals surface area contributed by atoms with Gasteiger partial charge in [-0.25, -0.2) is 0 Å². The van der Waals surface area contributed by atoms with E-state index in [-0.39, 0.29) is 0 Å². The van der Waals surface area contributed by atoms with Crippen LogP contribution in [0.4, 0.5) is 0 Å². The standard InChI is InChI=1S/C21H17NO/c1-12-4-8-18-16(10-12)14-6-7-15-17-11-13(2)5-9-19(17)23-21(15)20(14)22(18)3/h4-11H,1-3H3. The fraction of sp³-hybridized carbons (Fsp3) is 0.143. The maximum absolute atomic E-state index is 6.24. The molecule has 0 amide bonds. The molecule has 3 aromatic carbocycles. The van der Waals surface area contributed by atoms with Gasteiger partial charge in [-0.15, -0.1) is 0 Å². The first-order valence-electron chi connectivity index (χ1n) is 7.94. The summed E-state index contributed by atoms with van der Waals surface area (Å²) in [7, 11) is 2.12. The first-order valence-corrected chi connectivity index (χ1v) is 7.94. The first-order chi connectivity index (χ1) is 11.1. The normalized spacial score (nSPS) is 12.1. The van der Waals surface area contributed by atoms with Crippen LogP contribution >= 0.6 is 0 Å². The molecule has 2 heteroatoms. The second-order valence-corrected chi connectivity index (χ2v) is 6.52. The van der Waals surface area contributed by atoms with Crippen molar-refractivity contribution in [2.45, 2.75) is 13.8 Å². The highest BCUT2D eigenvalue weighted by Crippen LogP contribution is 2.38. The molecular formula is C21H17NO. The Morgan fingerprint density at radius 1 is 0.739 bits per heavy atom. The average molecular weight is 299 g/mol. The molecule has 0 spiro atoms. The van der Waals surface area contributed by atoms with E-state index in [2.05, 4.69) is 74.0 Å². The van der Waals surface area contributed by atoms with Crippen LogP contribution in [0.25, 0.3) is 43.7 Å².